The van der Waals surface area contributed by atoms with E-state index in [-0.39, 0.29) is 0 Å². The van der Waals surface area contributed by atoms with E-state index in [1.165, 1.54) is 17.5 Å². The molecule has 1 aromatic carbocycles. The summed E-state index contributed by atoms with van der Waals surface area (Å²) in [6.45, 7) is 2.06. The van der Waals surface area contributed by atoms with Crippen LogP contribution in [0.3, 0.4) is 0 Å². The summed E-state index contributed by atoms with van der Waals surface area (Å²) in [5, 5.41) is 12.3. The van der Waals surface area contributed by atoms with Gasteiger partial charge in [-0.05, 0) is 42.2 Å². The minimum atomic E-state index is 0.903. The Balaban J connectivity index is 2.51. The molecule has 0 heterocycles. The molecular formula is C17H23N3O. The molecule has 1 aliphatic carbocycles. The fourth-order valence-corrected chi connectivity index (χ4v) is 2.72. The van der Waals surface area contributed by atoms with Crippen LogP contribution >= 0.6 is 0 Å². The Morgan fingerprint density at radius 1 is 1.14 bits per heavy atom. The zero-order valence-corrected chi connectivity index (χ0v) is 13.4. The van der Waals surface area contributed by atoms with Gasteiger partial charge in [0, 0.05) is 45.1 Å². The van der Waals surface area contributed by atoms with E-state index in [2.05, 4.69) is 46.2 Å². The van der Waals surface area contributed by atoms with Crippen LogP contribution in [0.25, 0.3) is 5.57 Å². The number of oxime groups is 1. The summed E-state index contributed by atoms with van der Waals surface area (Å²) in [4.78, 5) is 4.17. The molecule has 4 heteroatoms. The molecule has 0 radical (unpaired) electrons. The van der Waals surface area contributed by atoms with E-state index in [9.17, 15) is 0 Å². The van der Waals surface area contributed by atoms with Crippen molar-refractivity contribution in [2.24, 2.45) is 5.16 Å². The second kappa shape index (κ2) is 6.04. The Kier molecular flexibility index (Phi) is 4.36. The summed E-state index contributed by atoms with van der Waals surface area (Å²) in [6.07, 6.45) is 6.84. The fourth-order valence-electron chi connectivity index (χ4n) is 2.72. The number of nitrogens with zero attached hydrogens (tertiary/aromatic N) is 3. The molecule has 1 N–H and O–H groups in total. The molecule has 0 bridgehead atoms. The van der Waals surface area contributed by atoms with E-state index >= 15 is 0 Å². The molecular weight excluding hydrogens is 262 g/mol. The average Bonchev–Trinajstić information content (AvgIpc) is 2.90. The molecule has 2 rings (SSSR count). The summed E-state index contributed by atoms with van der Waals surface area (Å²) >= 11 is 0. The molecule has 0 atom stereocenters. The zero-order valence-electron chi connectivity index (χ0n) is 13.4. The molecule has 0 fully saturated rings. The van der Waals surface area contributed by atoms with Crippen molar-refractivity contribution in [3.05, 3.63) is 46.7 Å². The lowest BCUT2D eigenvalue weighted by molar-refractivity contribution is 0.322. The lowest BCUT2D eigenvalue weighted by Gasteiger charge is -2.19. The maximum absolute atomic E-state index is 9.00. The van der Waals surface area contributed by atoms with Gasteiger partial charge in [-0.3, -0.25) is 0 Å². The first-order chi connectivity index (χ1) is 9.95. The predicted octanol–water partition coefficient (Wildman–Crippen LogP) is 3.10. The van der Waals surface area contributed by atoms with E-state index in [1.807, 2.05) is 28.2 Å². The largest absolute Gasteiger partial charge is 0.411 e. The van der Waals surface area contributed by atoms with Gasteiger partial charge in [-0.15, -0.1) is 0 Å². The molecule has 0 aromatic heterocycles. The Bertz CT molecular complexity index is 625. The molecule has 1 aromatic rings. The van der Waals surface area contributed by atoms with Crippen molar-refractivity contribution >= 4 is 17.5 Å². The molecule has 21 heavy (non-hydrogen) atoms. The lowest BCUT2D eigenvalue weighted by atomic mass is 9.94. The number of hydrogen-bond acceptors (Lipinski definition) is 4. The monoisotopic (exact) mass is 285 g/mol. The first-order valence-electron chi connectivity index (χ1n) is 7.02. The first-order valence-corrected chi connectivity index (χ1v) is 7.02. The van der Waals surface area contributed by atoms with Gasteiger partial charge in [-0.2, -0.15) is 0 Å². The number of allylic oxidation sites excluding steroid dienone is 3. The Labute approximate surface area is 126 Å². The third kappa shape index (κ3) is 2.94. The molecule has 0 amide bonds. The molecule has 112 valence electrons. The van der Waals surface area contributed by atoms with Gasteiger partial charge >= 0.3 is 0 Å². The summed E-state index contributed by atoms with van der Waals surface area (Å²) in [6, 6.07) is 4.23. The highest BCUT2D eigenvalue weighted by atomic mass is 16.4. The van der Waals surface area contributed by atoms with E-state index in [0.29, 0.717) is 0 Å². The van der Waals surface area contributed by atoms with Gasteiger partial charge in [0.1, 0.15) is 0 Å². The van der Waals surface area contributed by atoms with Crippen LogP contribution < -0.4 is 4.90 Å². The van der Waals surface area contributed by atoms with Gasteiger partial charge in [0.2, 0.25) is 0 Å². The Morgan fingerprint density at radius 3 is 2.38 bits per heavy atom. The molecule has 0 aliphatic heterocycles. The Morgan fingerprint density at radius 2 is 1.86 bits per heavy atom. The van der Waals surface area contributed by atoms with Crippen LogP contribution in [0.2, 0.25) is 0 Å². The highest BCUT2D eigenvalue weighted by molar-refractivity contribution is 5.93. The second-order valence-electron chi connectivity index (χ2n) is 5.71. The van der Waals surface area contributed by atoms with Crippen LogP contribution in [-0.4, -0.2) is 44.5 Å². The van der Waals surface area contributed by atoms with Crippen molar-refractivity contribution < 1.29 is 5.21 Å². The van der Waals surface area contributed by atoms with Crippen LogP contribution in [0.4, 0.5) is 5.69 Å². The molecule has 0 unspecified atom stereocenters. The van der Waals surface area contributed by atoms with Gasteiger partial charge < -0.3 is 15.0 Å². The number of anilines is 1. The van der Waals surface area contributed by atoms with Gasteiger partial charge in [-0.25, -0.2) is 0 Å². The minimum absolute atomic E-state index is 0.903. The van der Waals surface area contributed by atoms with Crippen LogP contribution in [0.1, 0.15) is 23.1 Å². The third-order valence-electron chi connectivity index (χ3n) is 3.87. The number of likely N-dealkylation sites (N-methyl/N-ethyl adjacent to an activating group) is 1. The van der Waals surface area contributed by atoms with Gasteiger partial charge in [0.05, 0.1) is 6.21 Å². The average molecular weight is 285 g/mol. The van der Waals surface area contributed by atoms with Gasteiger partial charge in [0.25, 0.3) is 0 Å². The van der Waals surface area contributed by atoms with Crippen LogP contribution in [-0.2, 0) is 0 Å². The molecule has 0 saturated heterocycles. The number of hydrogen-bond donors (Lipinski definition) is 1. The second-order valence-corrected chi connectivity index (χ2v) is 5.71. The summed E-state index contributed by atoms with van der Waals surface area (Å²) in [7, 11) is 8.12. The smallest absolute Gasteiger partial charge is 0.0743 e. The molecule has 0 saturated carbocycles. The van der Waals surface area contributed by atoms with E-state index in [0.717, 1.165) is 28.8 Å². The van der Waals surface area contributed by atoms with Crippen LogP contribution in [0.15, 0.2) is 35.1 Å². The minimum Gasteiger partial charge on any atom is -0.411 e. The Hall–Kier alpha value is -2.23. The molecule has 0 spiro atoms. The SMILES string of the molecule is Cc1c(N(C)C)ccc(C2=CC(N(C)C)=CC2)c1C=NO. The summed E-state index contributed by atoms with van der Waals surface area (Å²) in [5.41, 5.74) is 6.82. The van der Waals surface area contributed by atoms with Crippen molar-refractivity contribution in [2.75, 3.05) is 33.1 Å². The van der Waals surface area contributed by atoms with Crippen LogP contribution in [0.5, 0.6) is 0 Å². The van der Waals surface area contributed by atoms with Crippen molar-refractivity contribution in [1.82, 2.24) is 4.90 Å². The fraction of sp³-hybridized carbons (Fsp3) is 0.353. The van der Waals surface area contributed by atoms with Gasteiger partial charge in [-0.1, -0.05) is 17.3 Å². The number of benzene rings is 1. The topological polar surface area (TPSA) is 39.1 Å². The molecule has 1 aliphatic rings. The van der Waals surface area contributed by atoms with Crippen LogP contribution in [0, 0.1) is 6.92 Å². The lowest BCUT2D eigenvalue weighted by Crippen LogP contribution is -2.12. The first kappa shape index (κ1) is 15.2. The third-order valence-corrected chi connectivity index (χ3v) is 3.87. The van der Waals surface area contributed by atoms with E-state index < -0.39 is 0 Å². The predicted molar refractivity (Wildman–Crippen MR) is 89.3 cm³/mol. The molecule has 4 nitrogen and oxygen atoms in total. The number of rotatable bonds is 4. The quantitative estimate of drug-likeness (QED) is 0.525. The van der Waals surface area contributed by atoms with Gasteiger partial charge in [0.15, 0.2) is 0 Å². The van der Waals surface area contributed by atoms with Crippen molar-refractivity contribution in [2.45, 2.75) is 13.3 Å². The van der Waals surface area contributed by atoms with E-state index in [1.54, 1.807) is 0 Å². The normalized spacial score (nSPS) is 14.3. The highest BCUT2D eigenvalue weighted by Crippen LogP contribution is 2.33. The summed E-state index contributed by atoms with van der Waals surface area (Å²) < 4.78 is 0. The maximum atomic E-state index is 9.00. The van der Waals surface area contributed by atoms with E-state index in [4.69, 9.17) is 5.21 Å². The van der Waals surface area contributed by atoms with Crippen molar-refractivity contribution in [1.29, 1.82) is 0 Å². The van der Waals surface area contributed by atoms with Crippen molar-refractivity contribution in [3.63, 3.8) is 0 Å². The highest BCUT2D eigenvalue weighted by Gasteiger charge is 2.16. The maximum Gasteiger partial charge on any atom is 0.0743 e. The summed E-state index contributed by atoms with van der Waals surface area (Å²) in [5.74, 6) is 0. The van der Waals surface area contributed by atoms with Crippen molar-refractivity contribution in [3.8, 4) is 0 Å². The standard InChI is InChI=1S/C17H23N3O/c1-12-16(11-18-21)15(8-9-17(12)20(4)5)13-6-7-14(10-13)19(2)3/h7-11,21H,6H2,1-5H3. The zero-order chi connectivity index (χ0) is 15.6.